The molecule has 0 rings (SSSR count). The van der Waals surface area contributed by atoms with E-state index >= 15 is 0 Å². The van der Waals surface area contributed by atoms with Gasteiger partial charge >= 0.3 is 44.6 Å². The molecule has 0 radical (unpaired) electrons. The molecule has 0 aliphatic rings. The van der Waals surface area contributed by atoms with Crippen LogP contribution in [0.15, 0.2) is 0 Å². The zero-order valence-corrected chi connectivity index (χ0v) is 8.06. The molecule has 0 spiro atoms. The zero-order chi connectivity index (χ0) is 5.21. The third-order valence-electron chi connectivity index (χ3n) is 1.06. The molecular weight excluding hydrogens is 179 g/mol. The second kappa shape index (κ2) is 2.20. The Kier molecular flexibility index (Phi) is 2.49. The second-order valence-corrected chi connectivity index (χ2v) is 19.5. The summed E-state index contributed by atoms with van der Waals surface area (Å²) < 4.78 is 1.48. The van der Waals surface area contributed by atoms with E-state index < -0.39 is 18.4 Å². The Balaban J connectivity index is 3.17. The van der Waals surface area contributed by atoms with Crippen LogP contribution in [0, 0.1) is 0 Å². The molecule has 0 saturated carbocycles. The Bertz CT molecular complexity index is 33.7. The van der Waals surface area contributed by atoms with Gasteiger partial charge in [0.05, 0.1) is 0 Å². The molecule has 0 unspecified atom stereocenters. The Labute approximate surface area is 44.8 Å². The molecule has 0 aromatic carbocycles. The zero-order valence-electron chi connectivity index (χ0n) is 5.21. The van der Waals surface area contributed by atoms with Gasteiger partial charge < -0.3 is 0 Å². The van der Waals surface area contributed by atoms with Crippen molar-refractivity contribution in [3.05, 3.63) is 0 Å². The van der Waals surface area contributed by atoms with Crippen LogP contribution in [0.1, 0.15) is 6.92 Å². The number of hydrogen-bond donors (Lipinski definition) is 0. The van der Waals surface area contributed by atoms with Crippen molar-refractivity contribution in [2.45, 2.75) is 26.2 Å². The molecule has 0 nitrogen and oxygen atoms in total. The maximum absolute atomic E-state index is 2.45. The molecule has 1 heteroatoms. The van der Waals surface area contributed by atoms with Crippen molar-refractivity contribution < 1.29 is 0 Å². The predicted octanol–water partition coefficient (Wildman–Crippen LogP) is 2.34. The van der Waals surface area contributed by atoms with Crippen molar-refractivity contribution in [2.24, 2.45) is 0 Å². The van der Waals surface area contributed by atoms with Gasteiger partial charge in [-0.1, -0.05) is 0 Å². The van der Waals surface area contributed by atoms with Crippen LogP contribution in [0.2, 0.25) is 19.3 Å². The van der Waals surface area contributed by atoms with Gasteiger partial charge in [0, 0.05) is 0 Å². The summed E-state index contributed by atoms with van der Waals surface area (Å²) in [6.45, 7) is 2.30. The molecule has 0 fully saturated rings. The van der Waals surface area contributed by atoms with Crippen LogP contribution in [0.3, 0.4) is 0 Å². The van der Waals surface area contributed by atoms with Gasteiger partial charge in [0.25, 0.3) is 0 Å². The molecule has 38 valence electrons. The first-order valence-electron chi connectivity index (χ1n) is 2.56. The Hall–Kier alpha value is 0.799. The Morgan fingerprint density at radius 2 is 1.33 bits per heavy atom. The minimum atomic E-state index is -1.23. The average Bonchev–Trinajstić information content (AvgIpc) is 1.35. The maximum atomic E-state index is 2.45. The van der Waals surface area contributed by atoms with E-state index in [2.05, 4.69) is 21.7 Å². The summed E-state index contributed by atoms with van der Waals surface area (Å²) in [6, 6.07) is 0. The second-order valence-electron chi connectivity index (χ2n) is 2.91. The molecule has 0 amide bonds. The van der Waals surface area contributed by atoms with Gasteiger partial charge in [-0.3, -0.25) is 0 Å². The van der Waals surface area contributed by atoms with Crippen molar-refractivity contribution in [1.29, 1.82) is 0 Å². The Morgan fingerprint density at radius 3 is 1.33 bits per heavy atom. The molecule has 0 atom stereocenters. The summed E-state index contributed by atoms with van der Waals surface area (Å²) in [5, 5.41) is 0. The topological polar surface area (TPSA) is 0 Å². The van der Waals surface area contributed by atoms with E-state index in [-0.39, 0.29) is 0 Å². The van der Waals surface area contributed by atoms with E-state index in [1.54, 1.807) is 0 Å². The van der Waals surface area contributed by atoms with Gasteiger partial charge in [0.2, 0.25) is 0 Å². The molecule has 6 heavy (non-hydrogen) atoms. The standard InChI is InChI=1S/C2H5.3CH3.Sn/c1-2;;;;/h1H2,2H3;3*1H3;. The SMILES string of the molecule is C[CH2][Sn]([CH3])([CH3])[CH3]. The van der Waals surface area contributed by atoms with Crippen LogP contribution in [-0.4, -0.2) is 18.4 Å². The summed E-state index contributed by atoms with van der Waals surface area (Å²) in [5.41, 5.74) is 0. The third kappa shape index (κ3) is 4.80. The first-order valence-corrected chi connectivity index (χ1v) is 13.1. The third-order valence-corrected chi connectivity index (χ3v) is 7.12. The summed E-state index contributed by atoms with van der Waals surface area (Å²) >= 11 is -1.23. The van der Waals surface area contributed by atoms with Crippen molar-refractivity contribution in [3.63, 3.8) is 0 Å². The molecule has 0 aliphatic carbocycles. The molecule has 0 bridgehead atoms. The van der Waals surface area contributed by atoms with Gasteiger partial charge in [-0.25, -0.2) is 0 Å². The van der Waals surface area contributed by atoms with E-state index in [1.165, 1.54) is 4.44 Å². The monoisotopic (exact) mass is 194 g/mol. The van der Waals surface area contributed by atoms with Crippen LogP contribution < -0.4 is 0 Å². The normalized spacial score (nSPS) is 12.0. The molecule has 0 heterocycles. The van der Waals surface area contributed by atoms with Gasteiger partial charge in [0.1, 0.15) is 0 Å². The van der Waals surface area contributed by atoms with Gasteiger partial charge in [-0.15, -0.1) is 0 Å². The summed E-state index contributed by atoms with van der Waals surface area (Å²) in [6.07, 6.45) is 0. The predicted molar refractivity (Wildman–Crippen MR) is 33.8 cm³/mol. The van der Waals surface area contributed by atoms with Crippen LogP contribution in [-0.2, 0) is 0 Å². The minimum absolute atomic E-state index is 1.23. The summed E-state index contributed by atoms with van der Waals surface area (Å²) in [4.78, 5) is 7.36. The quantitative estimate of drug-likeness (QED) is 0.560. The first-order chi connectivity index (χ1) is 2.56. The van der Waals surface area contributed by atoms with Crippen LogP contribution in [0.5, 0.6) is 0 Å². The van der Waals surface area contributed by atoms with E-state index in [1.807, 2.05) is 0 Å². The molecule has 0 aromatic rings. The first kappa shape index (κ1) is 6.80. The van der Waals surface area contributed by atoms with Gasteiger partial charge in [-0.2, -0.15) is 0 Å². The van der Waals surface area contributed by atoms with Crippen molar-refractivity contribution in [2.75, 3.05) is 0 Å². The molecular formula is C5H14Sn. The van der Waals surface area contributed by atoms with Crippen LogP contribution >= 0.6 is 0 Å². The van der Waals surface area contributed by atoms with Gasteiger partial charge in [-0.05, 0) is 0 Å². The molecule has 0 aliphatic heterocycles. The molecule has 0 saturated heterocycles. The fourth-order valence-corrected chi connectivity index (χ4v) is 0. The van der Waals surface area contributed by atoms with E-state index in [9.17, 15) is 0 Å². The fourth-order valence-electron chi connectivity index (χ4n) is 0. The number of hydrogen-bond acceptors (Lipinski definition) is 0. The van der Waals surface area contributed by atoms with Crippen LogP contribution in [0.4, 0.5) is 0 Å². The molecule has 0 N–H and O–H groups in total. The fraction of sp³-hybridized carbons (Fsp3) is 1.00. The van der Waals surface area contributed by atoms with Crippen molar-refractivity contribution in [3.8, 4) is 0 Å². The summed E-state index contributed by atoms with van der Waals surface area (Å²) in [7, 11) is 0. The number of rotatable bonds is 1. The average molecular weight is 193 g/mol. The van der Waals surface area contributed by atoms with Crippen LogP contribution in [0.25, 0.3) is 0 Å². The summed E-state index contributed by atoms with van der Waals surface area (Å²) in [5.74, 6) is 0. The van der Waals surface area contributed by atoms with Crippen molar-refractivity contribution in [1.82, 2.24) is 0 Å². The molecule has 0 aromatic heterocycles. The van der Waals surface area contributed by atoms with Crippen molar-refractivity contribution >= 4 is 18.4 Å². The Morgan fingerprint density at radius 1 is 1.17 bits per heavy atom. The van der Waals surface area contributed by atoms with E-state index in [4.69, 9.17) is 0 Å². The van der Waals surface area contributed by atoms with E-state index in [0.717, 1.165) is 0 Å². The van der Waals surface area contributed by atoms with E-state index in [0.29, 0.717) is 0 Å². The van der Waals surface area contributed by atoms with Gasteiger partial charge in [0.15, 0.2) is 0 Å².